The van der Waals surface area contributed by atoms with Crippen LogP contribution in [0, 0.1) is 0 Å². The first-order chi connectivity index (χ1) is 10.3. The van der Waals surface area contributed by atoms with Crippen LogP contribution in [0.5, 0.6) is 5.75 Å². The molecule has 2 aromatic heterocycles. The molecular formula is C17H19NO2S. The molecule has 3 aromatic rings. The second kappa shape index (κ2) is 6.33. The van der Waals surface area contributed by atoms with Crippen molar-refractivity contribution >= 4 is 22.3 Å². The van der Waals surface area contributed by atoms with Crippen molar-refractivity contribution in [2.75, 3.05) is 13.7 Å². The van der Waals surface area contributed by atoms with Crippen molar-refractivity contribution in [1.82, 2.24) is 5.32 Å². The minimum Gasteiger partial charge on any atom is -0.493 e. The summed E-state index contributed by atoms with van der Waals surface area (Å²) in [6, 6.07) is 10.4. The lowest BCUT2D eigenvalue weighted by molar-refractivity contribution is 0.400. The van der Waals surface area contributed by atoms with Crippen molar-refractivity contribution in [2.24, 2.45) is 0 Å². The maximum absolute atomic E-state index is 5.95. The summed E-state index contributed by atoms with van der Waals surface area (Å²) in [6.45, 7) is 3.06. The van der Waals surface area contributed by atoms with E-state index in [1.165, 1.54) is 5.56 Å². The molecule has 110 valence electrons. The minimum atomic E-state index is 0.181. The molecule has 0 fully saturated rings. The molecule has 0 aliphatic rings. The van der Waals surface area contributed by atoms with Gasteiger partial charge in [0.1, 0.15) is 5.76 Å². The zero-order chi connectivity index (χ0) is 14.7. The Labute approximate surface area is 128 Å². The molecule has 3 nitrogen and oxygen atoms in total. The van der Waals surface area contributed by atoms with Gasteiger partial charge < -0.3 is 14.5 Å². The van der Waals surface area contributed by atoms with Crippen LogP contribution in [0.4, 0.5) is 0 Å². The molecule has 21 heavy (non-hydrogen) atoms. The van der Waals surface area contributed by atoms with Gasteiger partial charge in [-0.2, -0.15) is 11.3 Å². The standard InChI is InChI=1S/C17H19NO2S/c1-12(18-8-6-13-7-9-21-11-13)16-10-14-4-3-5-15(19-2)17(14)20-16/h3-5,7,9-12,18H,6,8H2,1-2H3. The van der Waals surface area contributed by atoms with E-state index in [1.807, 2.05) is 18.2 Å². The van der Waals surface area contributed by atoms with Crippen molar-refractivity contribution in [3.8, 4) is 5.75 Å². The fourth-order valence-corrected chi connectivity index (χ4v) is 3.10. The van der Waals surface area contributed by atoms with Gasteiger partial charge in [0.15, 0.2) is 11.3 Å². The Morgan fingerprint density at radius 1 is 1.33 bits per heavy atom. The molecule has 0 amide bonds. The molecule has 4 heteroatoms. The van der Waals surface area contributed by atoms with Crippen LogP contribution in [0.25, 0.3) is 11.0 Å². The Morgan fingerprint density at radius 3 is 3.00 bits per heavy atom. The lowest BCUT2D eigenvalue weighted by atomic mass is 10.2. The summed E-state index contributed by atoms with van der Waals surface area (Å²) in [6.07, 6.45) is 1.04. The predicted molar refractivity (Wildman–Crippen MR) is 87.2 cm³/mol. The van der Waals surface area contributed by atoms with Gasteiger partial charge in [-0.15, -0.1) is 0 Å². The van der Waals surface area contributed by atoms with Crippen molar-refractivity contribution in [3.63, 3.8) is 0 Å². The lowest BCUT2D eigenvalue weighted by Crippen LogP contribution is -2.20. The number of furan rings is 1. The first kappa shape index (κ1) is 14.2. The minimum absolute atomic E-state index is 0.181. The fraction of sp³-hybridized carbons (Fsp3) is 0.294. The molecule has 0 radical (unpaired) electrons. The van der Waals surface area contributed by atoms with E-state index in [4.69, 9.17) is 9.15 Å². The summed E-state index contributed by atoms with van der Waals surface area (Å²) in [5.74, 6) is 1.73. The van der Waals surface area contributed by atoms with E-state index >= 15 is 0 Å². The van der Waals surface area contributed by atoms with Gasteiger partial charge >= 0.3 is 0 Å². The third-order valence-corrected chi connectivity index (χ3v) is 4.35. The average molecular weight is 301 g/mol. The van der Waals surface area contributed by atoms with E-state index in [-0.39, 0.29) is 6.04 Å². The van der Waals surface area contributed by atoms with E-state index < -0.39 is 0 Å². The van der Waals surface area contributed by atoms with Gasteiger partial charge in [-0.05, 0) is 54.4 Å². The van der Waals surface area contributed by atoms with Crippen molar-refractivity contribution in [2.45, 2.75) is 19.4 Å². The van der Waals surface area contributed by atoms with E-state index in [0.717, 1.165) is 35.4 Å². The molecule has 0 bridgehead atoms. The molecule has 3 rings (SSSR count). The van der Waals surface area contributed by atoms with Gasteiger partial charge in [-0.1, -0.05) is 12.1 Å². The molecule has 1 atom stereocenters. The van der Waals surface area contributed by atoms with Crippen LogP contribution in [0.15, 0.2) is 45.5 Å². The summed E-state index contributed by atoms with van der Waals surface area (Å²) in [7, 11) is 1.67. The summed E-state index contributed by atoms with van der Waals surface area (Å²) >= 11 is 1.74. The molecule has 1 unspecified atom stereocenters. The second-order valence-corrected chi connectivity index (χ2v) is 5.86. The smallest absolute Gasteiger partial charge is 0.176 e. The van der Waals surface area contributed by atoms with Crippen molar-refractivity contribution in [1.29, 1.82) is 0 Å². The number of thiophene rings is 1. The Bertz CT molecular complexity index is 703. The van der Waals surface area contributed by atoms with E-state index in [1.54, 1.807) is 18.4 Å². The second-order valence-electron chi connectivity index (χ2n) is 5.08. The number of hydrogen-bond acceptors (Lipinski definition) is 4. The van der Waals surface area contributed by atoms with Crippen LogP contribution in [0.3, 0.4) is 0 Å². The zero-order valence-corrected chi connectivity index (χ0v) is 13.1. The number of benzene rings is 1. The molecule has 0 aliphatic heterocycles. The first-order valence-electron chi connectivity index (χ1n) is 7.09. The molecule has 1 aromatic carbocycles. The van der Waals surface area contributed by atoms with Gasteiger partial charge in [0.25, 0.3) is 0 Å². The highest BCUT2D eigenvalue weighted by atomic mass is 32.1. The highest BCUT2D eigenvalue weighted by molar-refractivity contribution is 7.07. The van der Waals surface area contributed by atoms with Gasteiger partial charge in [-0.25, -0.2) is 0 Å². The number of hydrogen-bond donors (Lipinski definition) is 1. The summed E-state index contributed by atoms with van der Waals surface area (Å²) in [5.41, 5.74) is 2.20. The number of ether oxygens (including phenoxy) is 1. The third-order valence-electron chi connectivity index (χ3n) is 3.62. The van der Waals surface area contributed by atoms with Crippen LogP contribution < -0.4 is 10.1 Å². The molecular weight excluding hydrogens is 282 g/mol. The average Bonchev–Trinajstić information content (AvgIpc) is 3.15. The lowest BCUT2D eigenvalue weighted by Gasteiger charge is -2.10. The largest absolute Gasteiger partial charge is 0.493 e. The van der Waals surface area contributed by atoms with Gasteiger partial charge in [0.05, 0.1) is 13.2 Å². The maximum atomic E-state index is 5.95. The highest BCUT2D eigenvalue weighted by Crippen LogP contribution is 2.30. The van der Waals surface area contributed by atoms with Crippen LogP contribution in [-0.4, -0.2) is 13.7 Å². The topological polar surface area (TPSA) is 34.4 Å². The number of methoxy groups -OCH3 is 1. The molecule has 0 saturated heterocycles. The highest BCUT2D eigenvalue weighted by Gasteiger charge is 2.13. The normalized spacial score (nSPS) is 12.7. The van der Waals surface area contributed by atoms with E-state index in [9.17, 15) is 0 Å². The van der Waals surface area contributed by atoms with Crippen LogP contribution in [0.1, 0.15) is 24.3 Å². The fourth-order valence-electron chi connectivity index (χ4n) is 2.40. The summed E-state index contributed by atoms with van der Waals surface area (Å²) in [4.78, 5) is 0. The summed E-state index contributed by atoms with van der Waals surface area (Å²) in [5, 5.41) is 8.89. The number of para-hydroxylation sites is 1. The molecule has 0 aliphatic carbocycles. The van der Waals surface area contributed by atoms with Crippen molar-refractivity contribution < 1.29 is 9.15 Å². The Hall–Kier alpha value is -1.78. The first-order valence-corrected chi connectivity index (χ1v) is 8.03. The number of nitrogens with one attached hydrogen (secondary N) is 1. The number of rotatable bonds is 6. The predicted octanol–water partition coefficient (Wildman–Crippen LogP) is 4.40. The van der Waals surface area contributed by atoms with E-state index in [2.05, 4.69) is 35.1 Å². The van der Waals surface area contributed by atoms with Gasteiger partial charge in [0, 0.05) is 5.39 Å². The van der Waals surface area contributed by atoms with Gasteiger partial charge in [0.2, 0.25) is 0 Å². The monoisotopic (exact) mass is 301 g/mol. The Kier molecular flexibility index (Phi) is 4.27. The molecule has 1 N–H and O–H groups in total. The zero-order valence-electron chi connectivity index (χ0n) is 12.3. The third kappa shape index (κ3) is 3.12. The van der Waals surface area contributed by atoms with Crippen LogP contribution in [0.2, 0.25) is 0 Å². The van der Waals surface area contributed by atoms with Gasteiger partial charge in [-0.3, -0.25) is 0 Å². The molecule has 0 saturated carbocycles. The SMILES string of the molecule is COc1cccc2cc(C(C)NCCc3ccsc3)oc12. The number of fused-ring (bicyclic) bond motifs is 1. The van der Waals surface area contributed by atoms with Crippen LogP contribution >= 0.6 is 11.3 Å². The molecule has 2 heterocycles. The van der Waals surface area contributed by atoms with Crippen LogP contribution in [-0.2, 0) is 6.42 Å². The van der Waals surface area contributed by atoms with E-state index in [0.29, 0.717) is 0 Å². The Balaban J connectivity index is 1.68. The van der Waals surface area contributed by atoms with Crippen molar-refractivity contribution in [3.05, 3.63) is 52.4 Å². The quantitative estimate of drug-likeness (QED) is 0.733. The maximum Gasteiger partial charge on any atom is 0.176 e. The Morgan fingerprint density at radius 2 is 2.24 bits per heavy atom. The summed E-state index contributed by atoms with van der Waals surface area (Å²) < 4.78 is 11.3. The molecule has 0 spiro atoms.